The molecule has 0 spiro atoms. The number of ether oxygens (including phenoxy) is 1. The summed E-state index contributed by atoms with van der Waals surface area (Å²) in [5.74, 6) is 0.459. The number of nitrogens with one attached hydrogen (secondary N) is 1. The summed E-state index contributed by atoms with van der Waals surface area (Å²) < 4.78 is 33.3. The van der Waals surface area contributed by atoms with Gasteiger partial charge in [0.1, 0.15) is 4.90 Å². The van der Waals surface area contributed by atoms with E-state index < -0.39 is 10.0 Å². The highest BCUT2D eigenvalue weighted by atomic mass is 35.5. The Bertz CT molecular complexity index is 695. The lowest BCUT2D eigenvalue weighted by Crippen LogP contribution is -2.41. The number of sulfonamides is 1. The summed E-state index contributed by atoms with van der Waals surface area (Å²) in [4.78, 5) is -0.0512. The van der Waals surface area contributed by atoms with Crippen LogP contribution in [0, 0.1) is 17.2 Å². The van der Waals surface area contributed by atoms with Crippen LogP contribution in [0.5, 0.6) is 0 Å². The molecular formula is C14H15ClN2O3S. The largest absolute Gasteiger partial charge is 0.376 e. The molecule has 1 saturated heterocycles. The Balaban J connectivity index is 1.85. The average molecular weight is 327 g/mol. The quantitative estimate of drug-likeness (QED) is 0.918. The van der Waals surface area contributed by atoms with Gasteiger partial charge < -0.3 is 4.74 Å². The lowest BCUT2D eigenvalue weighted by atomic mass is 10.1. The molecule has 1 aromatic rings. The Morgan fingerprint density at radius 2 is 2.10 bits per heavy atom. The van der Waals surface area contributed by atoms with Gasteiger partial charge >= 0.3 is 0 Å². The molecule has 21 heavy (non-hydrogen) atoms. The Morgan fingerprint density at radius 3 is 2.76 bits per heavy atom. The van der Waals surface area contributed by atoms with Gasteiger partial charge in [0, 0.05) is 6.61 Å². The normalized spacial score (nSPS) is 25.7. The fourth-order valence-corrected chi connectivity index (χ4v) is 4.48. The topological polar surface area (TPSA) is 79.2 Å². The van der Waals surface area contributed by atoms with Crippen molar-refractivity contribution in [2.75, 3.05) is 6.61 Å². The van der Waals surface area contributed by atoms with Crippen LogP contribution in [0.25, 0.3) is 0 Å². The lowest BCUT2D eigenvalue weighted by molar-refractivity contribution is 0.0848. The molecule has 1 heterocycles. The second-order valence-corrected chi connectivity index (χ2v) is 7.54. The number of benzene rings is 1. The van der Waals surface area contributed by atoms with Crippen molar-refractivity contribution in [1.29, 1.82) is 5.26 Å². The Hall–Kier alpha value is -1.13. The summed E-state index contributed by atoms with van der Waals surface area (Å²) in [6.07, 6.45) is 2.80. The molecule has 5 nitrogen and oxygen atoms in total. The van der Waals surface area contributed by atoms with Gasteiger partial charge in [-0.15, -0.1) is 0 Å². The zero-order chi connectivity index (χ0) is 15.0. The molecule has 1 aliphatic carbocycles. The maximum atomic E-state index is 12.5. The highest BCUT2D eigenvalue weighted by molar-refractivity contribution is 7.89. The van der Waals surface area contributed by atoms with Gasteiger partial charge in [0.05, 0.1) is 28.8 Å². The van der Waals surface area contributed by atoms with Crippen LogP contribution in [0.1, 0.15) is 24.8 Å². The first-order valence-corrected chi connectivity index (χ1v) is 8.71. The van der Waals surface area contributed by atoms with Crippen LogP contribution in [-0.4, -0.2) is 27.2 Å². The smallest absolute Gasteiger partial charge is 0.242 e. The van der Waals surface area contributed by atoms with Gasteiger partial charge in [-0.25, -0.2) is 13.1 Å². The predicted molar refractivity (Wildman–Crippen MR) is 77.4 cm³/mol. The molecule has 0 amide bonds. The van der Waals surface area contributed by atoms with Crippen LogP contribution in [0.2, 0.25) is 5.02 Å². The monoisotopic (exact) mass is 326 g/mol. The number of hydrogen-bond donors (Lipinski definition) is 1. The van der Waals surface area contributed by atoms with Crippen LogP contribution < -0.4 is 4.72 Å². The number of rotatable bonds is 4. The second kappa shape index (κ2) is 5.58. The van der Waals surface area contributed by atoms with E-state index in [4.69, 9.17) is 21.6 Å². The molecule has 0 bridgehead atoms. The molecule has 7 heteroatoms. The first-order valence-electron chi connectivity index (χ1n) is 6.85. The van der Waals surface area contributed by atoms with Crippen LogP contribution in [0.3, 0.4) is 0 Å². The van der Waals surface area contributed by atoms with E-state index in [1.807, 2.05) is 6.07 Å². The van der Waals surface area contributed by atoms with Crippen molar-refractivity contribution < 1.29 is 13.2 Å². The average Bonchev–Trinajstić information content (AvgIpc) is 3.20. The van der Waals surface area contributed by atoms with Crippen LogP contribution >= 0.6 is 11.6 Å². The lowest BCUT2D eigenvalue weighted by Gasteiger charge is -2.19. The van der Waals surface area contributed by atoms with Gasteiger partial charge in [-0.1, -0.05) is 11.6 Å². The van der Waals surface area contributed by atoms with E-state index in [2.05, 4.69) is 4.72 Å². The van der Waals surface area contributed by atoms with E-state index in [9.17, 15) is 8.42 Å². The first kappa shape index (κ1) is 14.8. The molecule has 1 aliphatic heterocycles. The summed E-state index contributed by atoms with van der Waals surface area (Å²) in [6, 6.07) is 5.92. The van der Waals surface area contributed by atoms with E-state index in [0.717, 1.165) is 12.8 Å². The van der Waals surface area contributed by atoms with Crippen molar-refractivity contribution in [3.05, 3.63) is 28.8 Å². The van der Waals surface area contributed by atoms with Gasteiger partial charge in [0.25, 0.3) is 0 Å². The molecule has 0 radical (unpaired) electrons. The molecule has 3 rings (SSSR count). The van der Waals surface area contributed by atoms with Crippen molar-refractivity contribution in [3.8, 4) is 6.07 Å². The number of nitrogens with zero attached hydrogens (tertiary/aromatic N) is 1. The van der Waals surface area contributed by atoms with E-state index in [0.29, 0.717) is 18.9 Å². The van der Waals surface area contributed by atoms with Gasteiger partial charge in [-0.3, -0.25) is 0 Å². The molecule has 2 aliphatic rings. The van der Waals surface area contributed by atoms with Gasteiger partial charge in [-0.05, 0) is 43.4 Å². The third kappa shape index (κ3) is 3.06. The minimum Gasteiger partial charge on any atom is -0.376 e. The Morgan fingerprint density at radius 1 is 1.33 bits per heavy atom. The minimum atomic E-state index is -3.76. The fraction of sp³-hybridized carbons (Fsp3) is 0.500. The van der Waals surface area contributed by atoms with Gasteiger partial charge in [-0.2, -0.15) is 5.26 Å². The van der Waals surface area contributed by atoms with Crippen molar-refractivity contribution in [2.45, 2.75) is 36.3 Å². The summed E-state index contributed by atoms with van der Waals surface area (Å²) in [5, 5.41) is 9.01. The number of nitriles is 1. The van der Waals surface area contributed by atoms with Crippen molar-refractivity contribution in [1.82, 2.24) is 4.72 Å². The third-order valence-corrected chi connectivity index (χ3v) is 5.85. The van der Waals surface area contributed by atoms with Crippen LogP contribution in [0.15, 0.2) is 23.1 Å². The van der Waals surface area contributed by atoms with Crippen LogP contribution in [0.4, 0.5) is 0 Å². The van der Waals surface area contributed by atoms with E-state index >= 15 is 0 Å². The standard InChI is InChI=1S/C14H15ClN2O3S/c15-11-4-1-9(8-16)7-13(11)21(18,19)17-12-5-6-20-14(12)10-2-3-10/h1,4,7,10,12,14,17H,2-3,5-6H2. The van der Waals surface area contributed by atoms with Crippen LogP contribution in [-0.2, 0) is 14.8 Å². The molecule has 1 N–H and O–H groups in total. The van der Waals surface area contributed by atoms with E-state index in [1.165, 1.54) is 18.2 Å². The molecule has 2 unspecified atom stereocenters. The molecular weight excluding hydrogens is 312 g/mol. The summed E-state index contributed by atoms with van der Waals surface area (Å²) in [7, 11) is -3.76. The molecule has 112 valence electrons. The molecule has 1 aromatic carbocycles. The van der Waals surface area contributed by atoms with Crippen molar-refractivity contribution in [3.63, 3.8) is 0 Å². The maximum absolute atomic E-state index is 12.5. The highest BCUT2D eigenvalue weighted by Gasteiger charge is 2.42. The SMILES string of the molecule is N#Cc1ccc(Cl)c(S(=O)(=O)NC2CCOC2C2CC2)c1. The highest BCUT2D eigenvalue weighted by Crippen LogP contribution is 2.39. The second-order valence-electron chi connectivity index (χ2n) is 5.45. The van der Waals surface area contributed by atoms with E-state index in [1.54, 1.807) is 0 Å². The van der Waals surface area contributed by atoms with E-state index in [-0.39, 0.29) is 27.6 Å². The third-order valence-electron chi connectivity index (χ3n) is 3.88. The van der Waals surface area contributed by atoms with Gasteiger partial charge in [0.2, 0.25) is 10.0 Å². The van der Waals surface area contributed by atoms with Gasteiger partial charge in [0.15, 0.2) is 0 Å². The van der Waals surface area contributed by atoms with Crippen molar-refractivity contribution >= 4 is 21.6 Å². The maximum Gasteiger partial charge on any atom is 0.242 e. The predicted octanol–water partition coefficient (Wildman–Crippen LogP) is 2.06. The summed E-state index contributed by atoms with van der Waals surface area (Å²) in [6.45, 7) is 0.570. The Labute approximate surface area is 128 Å². The first-order chi connectivity index (χ1) is 10.0. The molecule has 1 saturated carbocycles. The summed E-state index contributed by atoms with van der Waals surface area (Å²) in [5.41, 5.74) is 0.265. The summed E-state index contributed by atoms with van der Waals surface area (Å²) >= 11 is 5.97. The number of hydrogen-bond acceptors (Lipinski definition) is 4. The van der Waals surface area contributed by atoms with Crippen molar-refractivity contribution in [2.24, 2.45) is 5.92 Å². The molecule has 2 atom stereocenters. The zero-order valence-electron chi connectivity index (χ0n) is 11.3. The molecule has 0 aromatic heterocycles. The number of halogens is 1. The zero-order valence-corrected chi connectivity index (χ0v) is 12.8. The molecule has 2 fully saturated rings. The minimum absolute atomic E-state index is 0.0438. The Kier molecular flexibility index (Phi) is 3.93. The fourth-order valence-electron chi connectivity index (χ4n) is 2.67.